The maximum absolute atomic E-state index is 13.1. The predicted octanol–water partition coefficient (Wildman–Crippen LogP) is 5.87. The second-order valence-corrected chi connectivity index (χ2v) is 9.99. The van der Waals surface area contributed by atoms with Crippen molar-refractivity contribution in [2.24, 2.45) is 5.92 Å². The van der Waals surface area contributed by atoms with Crippen molar-refractivity contribution in [3.63, 3.8) is 0 Å². The van der Waals surface area contributed by atoms with Crippen molar-refractivity contribution in [3.8, 4) is 0 Å². The molecule has 2 aliphatic carbocycles. The second-order valence-electron chi connectivity index (χ2n) is 9.99. The Morgan fingerprint density at radius 1 is 1.19 bits per heavy atom. The highest BCUT2D eigenvalue weighted by Crippen LogP contribution is 2.46. The van der Waals surface area contributed by atoms with Crippen LogP contribution in [0.1, 0.15) is 82.4 Å². The van der Waals surface area contributed by atoms with Crippen LogP contribution in [0.2, 0.25) is 0 Å². The van der Waals surface area contributed by atoms with E-state index in [-0.39, 0.29) is 30.4 Å². The van der Waals surface area contributed by atoms with Crippen molar-refractivity contribution in [2.75, 3.05) is 13.1 Å². The lowest BCUT2D eigenvalue weighted by Gasteiger charge is -2.46. The first-order valence-corrected chi connectivity index (χ1v) is 12.1. The molecule has 1 unspecified atom stereocenters. The van der Waals surface area contributed by atoms with Crippen molar-refractivity contribution in [1.29, 1.82) is 0 Å². The number of piperidine rings is 1. The molecule has 2 aromatic rings. The van der Waals surface area contributed by atoms with E-state index in [1.165, 1.54) is 41.3 Å². The van der Waals surface area contributed by atoms with Crippen molar-refractivity contribution in [1.82, 2.24) is 9.47 Å². The lowest BCUT2D eigenvalue weighted by atomic mass is 9.72. The van der Waals surface area contributed by atoms with Crippen LogP contribution >= 0.6 is 12.4 Å². The summed E-state index contributed by atoms with van der Waals surface area (Å²) < 4.78 is 8.44. The van der Waals surface area contributed by atoms with Crippen LogP contribution in [0, 0.1) is 5.92 Å². The average molecular weight is 445 g/mol. The number of benzene rings is 1. The zero-order chi connectivity index (χ0) is 20.8. The third-order valence-corrected chi connectivity index (χ3v) is 7.86. The molecule has 0 amide bonds. The Morgan fingerprint density at radius 3 is 2.68 bits per heavy atom. The topological polar surface area (TPSA) is 34.5 Å². The van der Waals surface area contributed by atoms with Crippen molar-refractivity contribution in [3.05, 3.63) is 35.5 Å². The summed E-state index contributed by atoms with van der Waals surface area (Å²) in [5.41, 5.74) is 4.29. The van der Waals surface area contributed by atoms with Gasteiger partial charge in [0.2, 0.25) is 0 Å². The number of nitrogens with zero attached hydrogens (tertiary/aromatic N) is 2. The van der Waals surface area contributed by atoms with E-state index in [0.29, 0.717) is 18.0 Å². The Labute approximate surface area is 192 Å². The quantitative estimate of drug-likeness (QED) is 0.553. The minimum atomic E-state index is -0.00267. The Kier molecular flexibility index (Phi) is 6.69. The average Bonchev–Trinajstić information content (AvgIpc) is 3.14. The maximum Gasteiger partial charge on any atom is 0.310 e. The van der Waals surface area contributed by atoms with E-state index < -0.39 is 0 Å². The van der Waals surface area contributed by atoms with Crippen LogP contribution in [0.3, 0.4) is 0 Å². The number of rotatable bonds is 4. The van der Waals surface area contributed by atoms with Gasteiger partial charge in [0.15, 0.2) is 0 Å². The minimum absolute atomic E-state index is 0. The van der Waals surface area contributed by atoms with Crippen molar-refractivity contribution in [2.45, 2.75) is 89.8 Å². The molecular weight excluding hydrogens is 408 g/mol. The van der Waals surface area contributed by atoms with Gasteiger partial charge in [-0.1, -0.05) is 25.5 Å². The Hall–Kier alpha value is -1.52. The van der Waals surface area contributed by atoms with Gasteiger partial charge in [0.25, 0.3) is 0 Å². The molecule has 0 spiro atoms. The number of carbonyl (C=O) groups is 1. The number of likely N-dealkylation sites (N-methyl/N-ethyl adjacent to an activating group) is 1. The van der Waals surface area contributed by atoms with Crippen LogP contribution in [0.25, 0.3) is 10.9 Å². The number of halogens is 1. The highest BCUT2D eigenvalue weighted by Gasteiger charge is 2.43. The molecule has 3 aliphatic rings. The molecule has 5 rings (SSSR count). The first kappa shape index (κ1) is 22.7. The number of carbonyl (C=O) groups excluding carboxylic acids is 1. The van der Waals surface area contributed by atoms with Crippen molar-refractivity contribution >= 4 is 29.3 Å². The van der Waals surface area contributed by atoms with Gasteiger partial charge in [0.05, 0.1) is 5.92 Å². The summed E-state index contributed by atoms with van der Waals surface area (Å²) >= 11 is 0. The van der Waals surface area contributed by atoms with Crippen molar-refractivity contribution < 1.29 is 9.53 Å². The van der Waals surface area contributed by atoms with Gasteiger partial charge in [-0.05, 0) is 76.1 Å². The van der Waals surface area contributed by atoms with Crippen LogP contribution in [-0.4, -0.2) is 40.7 Å². The van der Waals surface area contributed by atoms with Crippen LogP contribution in [0.4, 0.5) is 0 Å². The maximum atomic E-state index is 13.1. The summed E-state index contributed by atoms with van der Waals surface area (Å²) in [6.45, 7) is 8.60. The summed E-state index contributed by atoms with van der Waals surface area (Å²) in [7, 11) is 0. The van der Waals surface area contributed by atoms with E-state index in [2.05, 4.69) is 54.6 Å². The van der Waals surface area contributed by atoms with E-state index in [1.54, 1.807) is 0 Å². The summed E-state index contributed by atoms with van der Waals surface area (Å²) in [5.74, 6) is 0.468. The number of fused-ring (bicyclic) bond motifs is 2. The number of aromatic nitrogens is 1. The van der Waals surface area contributed by atoms with Crippen LogP contribution in [-0.2, 0) is 16.0 Å². The van der Waals surface area contributed by atoms with E-state index in [4.69, 9.17) is 4.74 Å². The van der Waals surface area contributed by atoms with Crippen LogP contribution in [0.5, 0.6) is 0 Å². The van der Waals surface area contributed by atoms with Crippen LogP contribution < -0.4 is 0 Å². The molecule has 2 heterocycles. The number of esters is 1. The number of ether oxygens (including phenoxy) is 1. The fourth-order valence-corrected chi connectivity index (χ4v) is 6.34. The number of hydrogen-bond acceptors (Lipinski definition) is 3. The standard InChI is InChI=1S/C26H36N2O2.ClH/c1-4-27-15-19(26(29)30-20-9-6-5-7-10-20)13-22-21-11-8-12-23-25(21)18(14-24(22)27)16-28(23)17(2)3;/h8,11-12,16-17,19-20,22,24H,4-7,9-10,13-15H2,1-3H3;1H/t19?,22-,24-;/m1./s1. The van der Waals surface area contributed by atoms with E-state index in [1.807, 2.05) is 0 Å². The first-order valence-electron chi connectivity index (χ1n) is 12.1. The van der Waals surface area contributed by atoms with Crippen LogP contribution in [0.15, 0.2) is 24.4 Å². The molecule has 31 heavy (non-hydrogen) atoms. The third kappa shape index (κ3) is 4.02. The molecule has 5 heteroatoms. The van der Waals surface area contributed by atoms with Gasteiger partial charge in [-0.15, -0.1) is 12.4 Å². The van der Waals surface area contributed by atoms with Gasteiger partial charge in [-0.25, -0.2) is 0 Å². The molecule has 0 bridgehead atoms. The highest BCUT2D eigenvalue weighted by atomic mass is 35.5. The zero-order valence-electron chi connectivity index (χ0n) is 19.2. The van der Waals surface area contributed by atoms with Gasteiger partial charge < -0.3 is 9.30 Å². The molecule has 1 saturated heterocycles. The third-order valence-electron chi connectivity index (χ3n) is 7.86. The molecule has 0 N–H and O–H groups in total. The molecule has 1 aromatic heterocycles. The largest absolute Gasteiger partial charge is 0.462 e. The minimum Gasteiger partial charge on any atom is -0.462 e. The van der Waals surface area contributed by atoms with Gasteiger partial charge >= 0.3 is 5.97 Å². The summed E-state index contributed by atoms with van der Waals surface area (Å²) in [6, 6.07) is 7.74. The Bertz CT molecular complexity index is 931. The van der Waals surface area contributed by atoms with Gasteiger partial charge in [0.1, 0.15) is 6.10 Å². The fraction of sp³-hybridized carbons (Fsp3) is 0.654. The molecule has 1 saturated carbocycles. The molecule has 2 fully saturated rings. The first-order chi connectivity index (χ1) is 14.6. The van der Waals surface area contributed by atoms with Gasteiger partial charge in [0, 0.05) is 41.6 Å². The SMILES string of the molecule is CCN1CC(C(=O)OC2CCCCC2)C[C@@H]2c3cccc4c3c(cn4C(C)C)C[C@H]21.Cl. The molecule has 0 radical (unpaired) electrons. The van der Waals surface area contributed by atoms with Gasteiger partial charge in [-0.2, -0.15) is 0 Å². The lowest BCUT2D eigenvalue weighted by molar-refractivity contribution is -0.158. The predicted molar refractivity (Wildman–Crippen MR) is 128 cm³/mol. The summed E-state index contributed by atoms with van der Waals surface area (Å²) in [4.78, 5) is 15.7. The summed E-state index contributed by atoms with van der Waals surface area (Å²) in [6.07, 6.45) is 10.3. The monoisotopic (exact) mass is 444 g/mol. The number of likely N-dealkylation sites (tertiary alicyclic amines) is 1. The molecule has 3 atom stereocenters. The normalized spacial score (nSPS) is 26.5. The van der Waals surface area contributed by atoms with Gasteiger partial charge in [-0.3, -0.25) is 9.69 Å². The molecule has 170 valence electrons. The van der Waals surface area contributed by atoms with E-state index >= 15 is 0 Å². The lowest BCUT2D eigenvalue weighted by Crippen LogP contribution is -2.51. The zero-order valence-corrected chi connectivity index (χ0v) is 20.0. The fourth-order valence-electron chi connectivity index (χ4n) is 6.34. The molecule has 1 aromatic carbocycles. The number of hydrogen-bond donors (Lipinski definition) is 0. The Morgan fingerprint density at radius 2 is 1.97 bits per heavy atom. The Balaban J connectivity index is 0.00000231. The molecule has 1 aliphatic heterocycles. The molecular formula is C26H37ClN2O2. The van der Waals surface area contributed by atoms with E-state index in [0.717, 1.165) is 38.8 Å². The smallest absolute Gasteiger partial charge is 0.310 e. The second kappa shape index (κ2) is 9.15. The highest BCUT2D eigenvalue weighted by molar-refractivity contribution is 5.89. The summed E-state index contributed by atoms with van der Waals surface area (Å²) in [5, 5.41) is 1.45. The molecule has 4 nitrogen and oxygen atoms in total. The van der Waals surface area contributed by atoms with E-state index in [9.17, 15) is 4.79 Å².